The maximum absolute atomic E-state index is 11.9. The van der Waals surface area contributed by atoms with Gasteiger partial charge in [-0.3, -0.25) is 9.59 Å². The van der Waals surface area contributed by atoms with E-state index in [1.807, 2.05) is 38.1 Å². The van der Waals surface area contributed by atoms with Crippen LogP contribution in [0.3, 0.4) is 0 Å². The fourth-order valence-corrected chi connectivity index (χ4v) is 2.84. The molecule has 2 aromatic carbocycles. The van der Waals surface area contributed by atoms with Crippen molar-refractivity contribution in [3.8, 4) is 5.75 Å². The first-order valence-corrected chi connectivity index (χ1v) is 8.53. The van der Waals surface area contributed by atoms with Crippen LogP contribution in [0.2, 0.25) is 0 Å². The molecule has 0 aliphatic rings. The standard InChI is InChI=1S/C19H20BrNO4/c1-12-4-7-16(15(20)8-12)21-18(22)11-25-19(23)10-14-6-5-13(2)17(9-14)24-3/h4-9H,10-11H2,1-3H3,(H,21,22). The van der Waals surface area contributed by atoms with Crippen LogP contribution in [-0.4, -0.2) is 25.6 Å². The van der Waals surface area contributed by atoms with Gasteiger partial charge in [0.05, 0.1) is 19.2 Å². The molecule has 25 heavy (non-hydrogen) atoms. The quantitative estimate of drug-likeness (QED) is 0.742. The molecule has 132 valence electrons. The summed E-state index contributed by atoms with van der Waals surface area (Å²) in [5.74, 6) is -0.143. The van der Waals surface area contributed by atoms with Gasteiger partial charge in [0, 0.05) is 4.47 Å². The summed E-state index contributed by atoms with van der Waals surface area (Å²) < 4.78 is 11.0. The topological polar surface area (TPSA) is 64.6 Å². The number of methoxy groups -OCH3 is 1. The van der Waals surface area contributed by atoms with Crippen molar-refractivity contribution in [2.75, 3.05) is 19.0 Å². The Morgan fingerprint density at radius 1 is 1.12 bits per heavy atom. The minimum absolute atomic E-state index is 0.0815. The van der Waals surface area contributed by atoms with Gasteiger partial charge in [-0.1, -0.05) is 18.2 Å². The van der Waals surface area contributed by atoms with Gasteiger partial charge in [0.1, 0.15) is 5.75 Å². The van der Waals surface area contributed by atoms with Crippen molar-refractivity contribution >= 4 is 33.5 Å². The molecule has 0 heterocycles. The highest BCUT2D eigenvalue weighted by Crippen LogP contribution is 2.23. The van der Waals surface area contributed by atoms with E-state index in [0.29, 0.717) is 11.4 Å². The number of nitrogens with one attached hydrogen (secondary N) is 1. The highest BCUT2D eigenvalue weighted by molar-refractivity contribution is 9.10. The maximum atomic E-state index is 11.9. The molecule has 0 unspecified atom stereocenters. The number of aryl methyl sites for hydroxylation is 2. The van der Waals surface area contributed by atoms with E-state index in [9.17, 15) is 9.59 Å². The molecule has 1 N–H and O–H groups in total. The summed E-state index contributed by atoms with van der Waals surface area (Å²) in [6, 6.07) is 11.1. The molecule has 0 atom stereocenters. The van der Waals surface area contributed by atoms with Crippen LogP contribution in [0.4, 0.5) is 5.69 Å². The molecule has 6 heteroatoms. The van der Waals surface area contributed by atoms with Crippen molar-refractivity contribution in [2.24, 2.45) is 0 Å². The van der Waals surface area contributed by atoms with Gasteiger partial charge < -0.3 is 14.8 Å². The molecular formula is C19H20BrNO4. The van der Waals surface area contributed by atoms with E-state index in [2.05, 4.69) is 21.2 Å². The van der Waals surface area contributed by atoms with E-state index in [1.165, 1.54) is 0 Å². The van der Waals surface area contributed by atoms with Crippen LogP contribution < -0.4 is 10.1 Å². The molecule has 0 aliphatic carbocycles. The summed E-state index contributed by atoms with van der Waals surface area (Å²) in [6.45, 7) is 3.55. The van der Waals surface area contributed by atoms with Crippen LogP contribution in [0.1, 0.15) is 16.7 Å². The van der Waals surface area contributed by atoms with Crippen LogP contribution in [0, 0.1) is 13.8 Å². The number of carbonyl (C=O) groups excluding carboxylic acids is 2. The van der Waals surface area contributed by atoms with Crippen LogP contribution in [0.15, 0.2) is 40.9 Å². The highest BCUT2D eigenvalue weighted by Gasteiger charge is 2.11. The third-order valence-corrected chi connectivity index (χ3v) is 4.24. The molecule has 2 rings (SSSR count). The number of ether oxygens (including phenoxy) is 2. The first kappa shape index (κ1) is 19.0. The number of hydrogen-bond acceptors (Lipinski definition) is 4. The molecule has 1 amide bonds. The van der Waals surface area contributed by atoms with Crippen molar-refractivity contribution in [1.29, 1.82) is 0 Å². The number of esters is 1. The van der Waals surface area contributed by atoms with Crippen molar-refractivity contribution < 1.29 is 19.1 Å². The molecule has 0 radical (unpaired) electrons. The van der Waals surface area contributed by atoms with Crippen LogP contribution in [0.5, 0.6) is 5.75 Å². The maximum Gasteiger partial charge on any atom is 0.310 e. The van der Waals surface area contributed by atoms with Gasteiger partial charge in [0.2, 0.25) is 0 Å². The normalized spacial score (nSPS) is 10.2. The number of carbonyl (C=O) groups is 2. The van der Waals surface area contributed by atoms with Gasteiger partial charge in [-0.15, -0.1) is 0 Å². The van der Waals surface area contributed by atoms with Crippen molar-refractivity contribution in [1.82, 2.24) is 0 Å². The summed E-state index contributed by atoms with van der Waals surface area (Å²) in [4.78, 5) is 23.8. The highest BCUT2D eigenvalue weighted by atomic mass is 79.9. The fraction of sp³-hybridized carbons (Fsp3) is 0.263. The Balaban J connectivity index is 1.86. The van der Waals surface area contributed by atoms with Crippen LogP contribution in [0.25, 0.3) is 0 Å². The van der Waals surface area contributed by atoms with Gasteiger partial charge in [-0.05, 0) is 64.7 Å². The molecular weight excluding hydrogens is 386 g/mol. The Morgan fingerprint density at radius 2 is 1.88 bits per heavy atom. The van der Waals surface area contributed by atoms with Gasteiger partial charge in [-0.2, -0.15) is 0 Å². The number of rotatable bonds is 6. The van der Waals surface area contributed by atoms with Crippen LogP contribution in [-0.2, 0) is 20.7 Å². The molecule has 0 aromatic heterocycles. The van der Waals surface area contributed by atoms with Gasteiger partial charge in [-0.25, -0.2) is 0 Å². The minimum Gasteiger partial charge on any atom is -0.496 e. The zero-order chi connectivity index (χ0) is 18.4. The second kappa shape index (κ2) is 8.67. The number of amides is 1. The molecule has 0 fully saturated rings. The zero-order valence-electron chi connectivity index (χ0n) is 14.4. The van der Waals surface area contributed by atoms with E-state index < -0.39 is 5.97 Å². The predicted octanol–water partition coefficient (Wildman–Crippen LogP) is 3.80. The summed E-state index contributed by atoms with van der Waals surface area (Å²) >= 11 is 3.38. The Hall–Kier alpha value is -2.34. The first-order chi connectivity index (χ1) is 11.9. The average molecular weight is 406 g/mol. The van der Waals surface area contributed by atoms with Crippen molar-refractivity contribution in [2.45, 2.75) is 20.3 Å². The molecule has 0 saturated heterocycles. The average Bonchev–Trinajstić information content (AvgIpc) is 2.57. The Bertz CT molecular complexity index is 789. The molecule has 0 spiro atoms. The lowest BCUT2D eigenvalue weighted by Crippen LogP contribution is -2.21. The molecule has 0 aliphatic heterocycles. The van der Waals surface area contributed by atoms with Gasteiger partial charge in [0.15, 0.2) is 6.61 Å². The Labute approximate surface area is 155 Å². The third-order valence-electron chi connectivity index (χ3n) is 3.58. The lowest BCUT2D eigenvalue weighted by molar-refractivity contribution is -0.146. The first-order valence-electron chi connectivity index (χ1n) is 7.74. The predicted molar refractivity (Wildman–Crippen MR) is 99.9 cm³/mol. The monoisotopic (exact) mass is 405 g/mol. The smallest absolute Gasteiger partial charge is 0.310 e. The van der Waals surface area contributed by atoms with E-state index in [4.69, 9.17) is 9.47 Å². The fourth-order valence-electron chi connectivity index (χ4n) is 2.25. The minimum atomic E-state index is -0.468. The second-order valence-electron chi connectivity index (χ2n) is 5.67. The number of hydrogen-bond donors (Lipinski definition) is 1. The SMILES string of the molecule is COc1cc(CC(=O)OCC(=O)Nc2ccc(C)cc2Br)ccc1C. The van der Waals surface area contributed by atoms with Gasteiger partial charge in [0.25, 0.3) is 5.91 Å². The van der Waals surface area contributed by atoms with E-state index in [1.54, 1.807) is 19.2 Å². The Kier molecular flexibility index (Phi) is 6.58. The number of anilines is 1. The molecule has 0 bridgehead atoms. The number of benzene rings is 2. The summed E-state index contributed by atoms with van der Waals surface area (Å²) in [6.07, 6.45) is 0.0815. The summed E-state index contributed by atoms with van der Waals surface area (Å²) in [5.41, 5.74) is 3.47. The third kappa shape index (κ3) is 5.60. The second-order valence-corrected chi connectivity index (χ2v) is 6.53. The van der Waals surface area contributed by atoms with E-state index in [-0.39, 0.29) is 18.9 Å². The largest absolute Gasteiger partial charge is 0.496 e. The summed E-state index contributed by atoms with van der Waals surface area (Å²) in [7, 11) is 1.58. The molecule has 2 aromatic rings. The molecule has 5 nitrogen and oxygen atoms in total. The van der Waals surface area contributed by atoms with E-state index in [0.717, 1.165) is 21.2 Å². The lowest BCUT2D eigenvalue weighted by atomic mass is 10.1. The Morgan fingerprint density at radius 3 is 2.56 bits per heavy atom. The van der Waals surface area contributed by atoms with Crippen molar-refractivity contribution in [3.63, 3.8) is 0 Å². The van der Waals surface area contributed by atoms with Crippen LogP contribution >= 0.6 is 15.9 Å². The number of halogens is 1. The van der Waals surface area contributed by atoms with E-state index >= 15 is 0 Å². The zero-order valence-corrected chi connectivity index (χ0v) is 16.0. The molecule has 0 saturated carbocycles. The summed E-state index contributed by atoms with van der Waals surface area (Å²) in [5, 5.41) is 2.70. The lowest BCUT2D eigenvalue weighted by Gasteiger charge is -2.10. The van der Waals surface area contributed by atoms with Crippen molar-refractivity contribution in [3.05, 3.63) is 57.6 Å². The van der Waals surface area contributed by atoms with Gasteiger partial charge >= 0.3 is 5.97 Å².